The number of phenols is 1. The molecule has 1 aliphatic rings. The second-order valence-corrected chi connectivity index (χ2v) is 11.7. The van der Waals surface area contributed by atoms with E-state index in [2.05, 4.69) is 10.6 Å². The van der Waals surface area contributed by atoms with Gasteiger partial charge in [-0.05, 0) is 63.2 Å². The minimum absolute atomic E-state index is 0.0702. The molecule has 0 heterocycles. The summed E-state index contributed by atoms with van der Waals surface area (Å²) in [7, 11) is 0. The van der Waals surface area contributed by atoms with Gasteiger partial charge in [0, 0.05) is 18.2 Å². The van der Waals surface area contributed by atoms with Crippen molar-refractivity contribution in [1.82, 2.24) is 15.5 Å². The highest BCUT2D eigenvalue weighted by Gasteiger charge is 2.48. The molecule has 2 aromatic rings. The molecule has 0 radical (unpaired) electrons. The SMILES string of the molecule is CSCCC(NC(=O)OC(C)(C)C)C(=O)N(C(C(=O)NCc1ccccc1)c1ccccc1O)C1CC1C. The molecule has 0 aromatic heterocycles. The smallest absolute Gasteiger partial charge is 0.408 e. The standard InChI is InChI=1S/C29H39N3O5S/c1-19-17-23(19)32(27(35)22(15-16-38-5)31-28(36)37-29(2,3)4)25(21-13-9-10-14-24(21)33)26(34)30-18-20-11-7-6-8-12-20/h6-14,19,22-23,25,33H,15-18H2,1-5H3,(H,30,34)(H,31,36). The fourth-order valence-corrected chi connectivity index (χ4v) is 4.78. The van der Waals surface area contributed by atoms with Crippen LogP contribution in [0, 0.1) is 5.92 Å². The summed E-state index contributed by atoms with van der Waals surface area (Å²) in [5.41, 5.74) is 0.530. The molecule has 1 fully saturated rings. The molecule has 1 saturated carbocycles. The normalized spacial score (nSPS) is 18.1. The average molecular weight is 542 g/mol. The molecule has 3 amide bonds. The molecule has 0 bridgehead atoms. The number of ether oxygens (including phenoxy) is 1. The van der Waals surface area contributed by atoms with Gasteiger partial charge in [-0.15, -0.1) is 0 Å². The number of phenolic OH excluding ortho intramolecular Hbond substituents is 1. The second kappa shape index (κ2) is 13.0. The van der Waals surface area contributed by atoms with Crippen molar-refractivity contribution in [3.8, 4) is 5.75 Å². The molecule has 0 aliphatic heterocycles. The number of carbonyl (C=O) groups excluding carboxylic acids is 3. The van der Waals surface area contributed by atoms with Gasteiger partial charge in [-0.2, -0.15) is 11.8 Å². The highest BCUT2D eigenvalue weighted by atomic mass is 32.2. The van der Waals surface area contributed by atoms with E-state index in [0.29, 0.717) is 17.7 Å². The van der Waals surface area contributed by atoms with Crippen LogP contribution in [0.2, 0.25) is 0 Å². The van der Waals surface area contributed by atoms with E-state index in [1.807, 2.05) is 43.5 Å². The molecule has 8 nitrogen and oxygen atoms in total. The summed E-state index contributed by atoms with van der Waals surface area (Å²) in [6.07, 6.45) is 2.34. The number of nitrogens with zero attached hydrogens (tertiary/aromatic N) is 1. The van der Waals surface area contributed by atoms with Crippen LogP contribution in [0.1, 0.15) is 57.7 Å². The van der Waals surface area contributed by atoms with E-state index in [1.54, 1.807) is 55.6 Å². The fraction of sp³-hybridized carbons (Fsp3) is 0.483. The Labute approximate surface area is 229 Å². The molecular formula is C29H39N3O5S. The number of aromatic hydroxyl groups is 1. The molecule has 206 valence electrons. The Morgan fingerprint density at radius 3 is 2.32 bits per heavy atom. The molecule has 3 N–H and O–H groups in total. The van der Waals surface area contributed by atoms with Gasteiger partial charge in [-0.1, -0.05) is 55.5 Å². The molecule has 0 spiro atoms. The van der Waals surface area contributed by atoms with Crippen LogP contribution >= 0.6 is 11.8 Å². The van der Waals surface area contributed by atoms with Crippen molar-refractivity contribution in [3.05, 3.63) is 65.7 Å². The number of hydrogen-bond donors (Lipinski definition) is 3. The number of alkyl carbamates (subject to hydrolysis) is 1. The Morgan fingerprint density at radius 1 is 1.11 bits per heavy atom. The number of para-hydroxylation sites is 1. The number of rotatable bonds is 11. The van der Waals surface area contributed by atoms with Gasteiger partial charge in [-0.25, -0.2) is 4.79 Å². The zero-order chi connectivity index (χ0) is 27.9. The Bertz CT molecular complexity index is 1100. The zero-order valence-corrected chi connectivity index (χ0v) is 23.6. The summed E-state index contributed by atoms with van der Waals surface area (Å²) >= 11 is 1.56. The van der Waals surface area contributed by atoms with Crippen LogP contribution in [0.4, 0.5) is 4.79 Å². The minimum Gasteiger partial charge on any atom is -0.508 e. The second-order valence-electron chi connectivity index (χ2n) is 10.7. The maximum atomic E-state index is 14.2. The van der Waals surface area contributed by atoms with E-state index in [-0.39, 0.29) is 30.2 Å². The third-order valence-electron chi connectivity index (χ3n) is 6.35. The lowest BCUT2D eigenvalue weighted by Gasteiger charge is -2.35. The van der Waals surface area contributed by atoms with Gasteiger partial charge in [0.15, 0.2) is 0 Å². The number of hydrogen-bond acceptors (Lipinski definition) is 6. The van der Waals surface area contributed by atoms with E-state index in [0.717, 1.165) is 12.0 Å². The average Bonchev–Trinajstić information content (AvgIpc) is 3.58. The van der Waals surface area contributed by atoms with Crippen molar-refractivity contribution in [2.45, 2.75) is 70.8 Å². The van der Waals surface area contributed by atoms with Gasteiger partial charge in [0.05, 0.1) is 0 Å². The third-order valence-corrected chi connectivity index (χ3v) is 6.99. The van der Waals surface area contributed by atoms with Crippen molar-refractivity contribution in [1.29, 1.82) is 0 Å². The summed E-state index contributed by atoms with van der Waals surface area (Å²) in [6.45, 7) is 7.57. The van der Waals surface area contributed by atoms with E-state index in [1.165, 1.54) is 6.07 Å². The summed E-state index contributed by atoms with van der Waals surface area (Å²) in [4.78, 5) is 42.2. The monoisotopic (exact) mass is 541 g/mol. The lowest BCUT2D eigenvalue weighted by molar-refractivity contribution is -0.143. The Balaban J connectivity index is 1.96. The number of nitrogens with one attached hydrogen (secondary N) is 2. The number of thioether (sulfide) groups is 1. The van der Waals surface area contributed by atoms with Crippen LogP contribution in [0.5, 0.6) is 5.75 Å². The molecule has 3 rings (SSSR count). The van der Waals surface area contributed by atoms with E-state index < -0.39 is 29.7 Å². The Hall–Kier alpha value is -3.20. The van der Waals surface area contributed by atoms with Gasteiger partial charge >= 0.3 is 6.09 Å². The van der Waals surface area contributed by atoms with Gasteiger partial charge in [-0.3, -0.25) is 9.59 Å². The van der Waals surface area contributed by atoms with E-state index >= 15 is 0 Å². The molecule has 38 heavy (non-hydrogen) atoms. The highest BCUT2D eigenvalue weighted by Crippen LogP contribution is 2.42. The predicted octanol–water partition coefficient (Wildman–Crippen LogP) is 4.63. The number of benzene rings is 2. The van der Waals surface area contributed by atoms with Gasteiger partial charge in [0.25, 0.3) is 0 Å². The Morgan fingerprint density at radius 2 is 1.74 bits per heavy atom. The molecule has 9 heteroatoms. The van der Waals surface area contributed by atoms with Crippen LogP contribution in [-0.4, -0.2) is 57.6 Å². The fourth-order valence-electron chi connectivity index (χ4n) is 4.31. The van der Waals surface area contributed by atoms with Crippen LogP contribution in [0.25, 0.3) is 0 Å². The van der Waals surface area contributed by atoms with E-state index in [4.69, 9.17) is 4.74 Å². The van der Waals surface area contributed by atoms with Crippen molar-refractivity contribution in [2.75, 3.05) is 12.0 Å². The summed E-state index contributed by atoms with van der Waals surface area (Å²) in [5, 5.41) is 16.5. The number of amides is 3. The van der Waals surface area contributed by atoms with Gasteiger partial charge < -0.3 is 25.4 Å². The molecule has 2 aromatic carbocycles. The van der Waals surface area contributed by atoms with Crippen molar-refractivity contribution >= 4 is 29.7 Å². The molecule has 4 atom stereocenters. The minimum atomic E-state index is -1.07. The predicted molar refractivity (Wildman–Crippen MR) is 150 cm³/mol. The van der Waals surface area contributed by atoms with Crippen LogP contribution in [-0.2, 0) is 20.9 Å². The number of carbonyl (C=O) groups is 3. The quantitative estimate of drug-likeness (QED) is 0.383. The first-order chi connectivity index (χ1) is 18.0. The van der Waals surface area contributed by atoms with Crippen molar-refractivity contribution in [3.63, 3.8) is 0 Å². The molecule has 4 unspecified atom stereocenters. The summed E-state index contributed by atoms with van der Waals surface area (Å²) in [5.74, 6) is -0.0379. The lowest BCUT2D eigenvalue weighted by Crippen LogP contribution is -2.54. The summed E-state index contributed by atoms with van der Waals surface area (Å²) in [6, 6.07) is 13.9. The molecule has 1 aliphatic carbocycles. The molecule has 0 saturated heterocycles. The van der Waals surface area contributed by atoms with Gasteiger partial charge in [0.1, 0.15) is 23.4 Å². The zero-order valence-electron chi connectivity index (χ0n) is 22.8. The topological polar surface area (TPSA) is 108 Å². The van der Waals surface area contributed by atoms with Crippen molar-refractivity contribution < 1.29 is 24.2 Å². The van der Waals surface area contributed by atoms with Crippen molar-refractivity contribution in [2.24, 2.45) is 5.92 Å². The highest BCUT2D eigenvalue weighted by molar-refractivity contribution is 7.98. The first-order valence-corrected chi connectivity index (χ1v) is 14.3. The first-order valence-electron chi connectivity index (χ1n) is 12.9. The molecular weight excluding hydrogens is 502 g/mol. The lowest BCUT2D eigenvalue weighted by atomic mass is 10.0. The Kier molecular flexibility index (Phi) is 10.1. The summed E-state index contributed by atoms with van der Waals surface area (Å²) < 4.78 is 5.43. The first kappa shape index (κ1) is 29.4. The maximum Gasteiger partial charge on any atom is 0.408 e. The maximum absolute atomic E-state index is 14.2. The largest absolute Gasteiger partial charge is 0.508 e. The van der Waals surface area contributed by atoms with Gasteiger partial charge in [0.2, 0.25) is 11.8 Å². The van der Waals surface area contributed by atoms with Crippen LogP contribution in [0.3, 0.4) is 0 Å². The van der Waals surface area contributed by atoms with E-state index in [9.17, 15) is 19.5 Å². The third kappa shape index (κ3) is 8.15. The van der Waals surface area contributed by atoms with Crippen LogP contribution < -0.4 is 10.6 Å². The van der Waals surface area contributed by atoms with Crippen LogP contribution in [0.15, 0.2) is 54.6 Å².